The van der Waals surface area contributed by atoms with Crippen LogP contribution in [0.3, 0.4) is 0 Å². The summed E-state index contributed by atoms with van der Waals surface area (Å²) in [6.07, 6.45) is 4.66. The number of hydrogen-bond acceptors (Lipinski definition) is 3. The molecule has 1 aliphatic rings. The second kappa shape index (κ2) is 7.48. The third-order valence-electron chi connectivity index (χ3n) is 3.80. The van der Waals surface area contributed by atoms with Gasteiger partial charge in [0.2, 0.25) is 5.91 Å². The molecule has 0 aromatic heterocycles. The first-order valence-corrected chi connectivity index (χ1v) is 7.20. The molecule has 19 heavy (non-hydrogen) atoms. The van der Waals surface area contributed by atoms with Crippen molar-refractivity contribution < 1.29 is 14.7 Å². The average molecular weight is 270 g/mol. The summed E-state index contributed by atoms with van der Waals surface area (Å²) < 4.78 is 0. The molecule has 0 aliphatic carbocycles. The Morgan fingerprint density at radius 2 is 1.58 bits per heavy atom. The fraction of sp³-hybridized carbons (Fsp3) is 0.857. The molecular formula is C14H26N2O3. The van der Waals surface area contributed by atoms with E-state index in [4.69, 9.17) is 5.11 Å². The van der Waals surface area contributed by atoms with Crippen molar-refractivity contribution >= 4 is 11.9 Å². The van der Waals surface area contributed by atoms with Crippen LogP contribution in [0.4, 0.5) is 0 Å². The van der Waals surface area contributed by atoms with Crippen LogP contribution in [0.2, 0.25) is 0 Å². The van der Waals surface area contributed by atoms with Crippen LogP contribution in [0, 0.1) is 5.92 Å². The summed E-state index contributed by atoms with van der Waals surface area (Å²) in [6, 6.07) is -1.05. The fourth-order valence-corrected chi connectivity index (χ4v) is 2.44. The molecule has 0 radical (unpaired) electrons. The first-order valence-electron chi connectivity index (χ1n) is 7.20. The third-order valence-corrected chi connectivity index (χ3v) is 3.80. The van der Waals surface area contributed by atoms with Gasteiger partial charge in [-0.15, -0.1) is 0 Å². The minimum absolute atomic E-state index is 0.113. The Balaban J connectivity index is 2.57. The lowest BCUT2D eigenvalue weighted by Crippen LogP contribution is -2.52. The fourth-order valence-electron chi connectivity index (χ4n) is 2.44. The molecule has 110 valence electrons. The Bertz CT molecular complexity index is 310. The van der Waals surface area contributed by atoms with Crippen molar-refractivity contribution in [1.29, 1.82) is 0 Å². The van der Waals surface area contributed by atoms with E-state index in [0.717, 1.165) is 25.9 Å². The quantitative estimate of drug-likeness (QED) is 0.794. The molecule has 0 bridgehead atoms. The summed E-state index contributed by atoms with van der Waals surface area (Å²) in [6.45, 7) is 7.31. The number of nitrogens with one attached hydrogen (secondary N) is 1. The topological polar surface area (TPSA) is 69.6 Å². The third kappa shape index (κ3) is 4.82. The van der Waals surface area contributed by atoms with E-state index in [1.54, 1.807) is 13.8 Å². The smallest absolute Gasteiger partial charge is 0.326 e. The van der Waals surface area contributed by atoms with E-state index in [2.05, 4.69) is 10.2 Å². The second-order valence-corrected chi connectivity index (χ2v) is 5.69. The van der Waals surface area contributed by atoms with Gasteiger partial charge in [0.25, 0.3) is 0 Å². The van der Waals surface area contributed by atoms with Crippen LogP contribution in [0.1, 0.15) is 46.5 Å². The molecule has 1 aliphatic heterocycles. The predicted octanol–water partition coefficient (Wildman–Crippen LogP) is 1.48. The van der Waals surface area contributed by atoms with Crippen molar-refractivity contribution in [2.24, 2.45) is 5.92 Å². The maximum atomic E-state index is 12.2. The number of aliphatic carboxylic acids is 1. The molecule has 1 saturated heterocycles. The number of carboxylic acids is 1. The van der Waals surface area contributed by atoms with Crippen molar-refractivity contribution in [1.82, 2.24) is 10.2 Å². The summed E-state index contributed by atoms with van der Waals surface area (Å²) in [7, 11) is 0. The zero-order valence-corrected chi connectivity index (χ0v) is 12.2. The lowest BCUT2D eigenvalue weighted by molar-refractivity contribution is -0.143. The van der Waals surface area contributed by atoms with Crippen LogP contribution in [0.5, 0.6) is 0 Å². The molecule has 5 nitrogen and oxygen atoms in total. The Morgan fingerprint density at radius 3 is 2.00 bits per heavy atom. The van der Waals surface area contributed by atoms with Crippen LogP contribution in [-0.2, 0) is 9.59 Å². The van der Waals surface area contributed by atoms with Crippen LogP contribution in [0.25, 0.3) is 0 Å². The molecule has 0 saturated carbocycles. The first-order chi connectivity index (χ1) is 8.93. The first kappa shape index (κ1) is 16.0. The lowest BCUT2D eigenvalue weighted by atomic mass is 10.0. The number of hydrogen-bond donors (Lipinski definition) is 2. The van der Waals surface area contributed by atoms with Crippen molar-refractivity contribution in [3.63, 3.8) is 0 Å². The van der Waals surface area contributed by atoms with Crippen LogP contribution in [-0.4, -0.2) is 47.1 Å². The van der Waals surface area contributed by atoms with Gasteiger partial charge in [-0.05, 0) is 38.8 Å². The molecule has 1 amide bonds. The molecule has 1 fully saturated rings. The van der Waals surface area contributed by atoms with Crippen molar-refractivity contribution in [3.8, 4) is 0 Å². The van der Waals surface area contributed by atoms with E-state index in [1.165, 1.54) is 12.8 Å². The van der Waals surface area contributed by atoms with E-state index in [1.807, 2.05) is 6.92 Å². The minimum Gasteiger partial charge on any atom is -0.480 e. The van der Waals surface area contributed by atoms with Gasteiger partial charge in [0.1, 0.15) is 6.04 Å². The second-order valence-electron chi connectivity index (χ2n) is 5.69. The molecule has 5 heteroatoms. The number of carboxylic acid groups (broad SMARTS) is 1. The Morgan fingerprint density at radius 1 is 1.05 bits per heavy atom. The Kier molecular flexibility index (Phi) is 6.28. The Hall–Kier alpha value is -1.10. The summed E-state index contributed by atoms with van der Waals surface area (Å²) in [4.78, 5) is 25.4. The van der Waals surface area contributed by atoms with Crippen molar-refractivity contribution in [2.75, 3.05) is 13.1 Å². The van der Waals surface area contributed by atoms with E-state index in [9.17, 15) is 9.59 Å². The highest BCUT2D eigenvalue weighted by Gasteiger charge is 2.28. The van der Waals surface area contributed by atoms with Crippen LogP contribution >= 0.6 is 0 Å². The summed E-state index contributed by atoms with van der Waals surface area (Å²) in [5, 5.41) is 11.8. The van der Waals surface area contributed by atoms with Gasteiger partial charge in [0.05, 0.1) is 6.04 Å². The number of carbonyl (C=O) groups excluding carboxylic acids is 1. The predicted molar refractivity (Wildman–Crippen MR) is 73.9 cm³/mol. The van der Waals surface area contributed by atoms with Gasteiger partial charge < -0.3 is 10.4 Å². The highest BCUT2D eigenvalue weighted by Crippen LogP contribution is 2.13. The largest absolute Gasteiger partial charge is 0.480 e. The molecule has 1 heterocycles. The van der Waals surface area contributed by atoms with Crippen molar-refractivity contribution in [2.45, 2.75) is 58.5 Å². The van der Waals surface area contributed by atoms with Gasteiger partial charge in [0.15, 0.2) is 0 Å². The highest BCUT2D eigenvalue weighted by molar-refractivity contribution is 5.86. The van der Waals surface area contributed by atoms with Crippen LogP contribution in [0.15, 0.2) is 0 Å². The SMILES string of the molecule is CC(C)[C@@H](NC(=O)C(C)N1CCCCCC1)C(=O)O. The zero-order valence-electron chi connectivity index (χ0n) is 12.2. The highest BCUT2D eigenvalue weighted by atomic mass is 16.4. The van der Waals surface area contributed by atoms with E-state index >= 15 is 0 Å². The number of likely N-dealkylation sites (tertiary alicyclic amines) is 1. The van der Waals surface area contributed by atoms with E-state index in [0.29, 0.717) is 0 Å². The molecule has 0 spiro atoms. The number of amides is 1. The standard InChI is InChI=1S/C14H26N2O3/c1-10(2)12(14(18)19)15-13(17)11(3)16-8-6-4-5-7-9-16/h10-12H,4-9H2,1-3H3,(H,15,17)(H,18,19)/t11?,12-/m1/s1. The van der Waals surface area contributed by atoms with Gasteiger partial charge in [-0.2, -0.15) is 0 Å². The number of rotatable bonds is 5. The molecule has 1 unspecified atom stereocenters. The van der Waals surface area contributed by atoms with Gasteiger partial charge in [-0.1, -0.05) is 26.7 Å². The molecule has 1 rings (SSSR count). The van der Waals surface area contributed by atoms with Gasteiger partial charge >= 0.3 is 5.97 Å². The summed E-state index contributed by atoms with van der Waals surface area (Å²) in [5.41, 5.74) is 0. The summed E-state index contributed by atoms with van der Waals surface area (Å²) >= 11 is 0. The molecular weight excluding hydrogens is 244 g/mol. The van der Waals surface area contributed by atoms with Crippen LogP contribution < -0.4 is 5.32 Å². The monoisotopic (exact) mass is 270 g/mol. The zero-order chi connectivity index (χ0) is 14.4. The normalized spacial score (nSPS) is 20.6. The lowest BCUT2D eigenvalue weighted by Gasteiger charge is -2.28. The van der Waals surface area contributed by atoms with Gasteiger partial charge in [0, 0.05) is 0 Å². The van der Waals surface area contributed by atoms with E-state index < -0.39 is 12.0 Å². The maximum Gasteiger partial charge on any atom is 0.326 e. The summed E-state index contributed by atoms with van der Waals surface area (Å²) in [5.74, 6) is -1.26. The molecule has 2 N–H and O–H groups in total. The Labute approximate surface area is 115 Å². The molecule has 2 atom stereocenters. The minimum atomic E-state index is -0.966. The maximum absolute atomic E-state index is 12.2. The molecule has 0 aromatic rings. The molecule has 0 aromatic carbocycles. The number of nitrogens with zero attached hydrogens (tertiary/aromatic N) is 1. The van der Waals surface area contributed by atoms with Crippen molar-refractivity contribution in [3.05, 3.63) is 0 Å². The van der Waals surface area contributed by atoms with E-state index in [-0.39, 0.29) is 17.9 Å². The van der Waals surface area contributed by atoms with Gasteiger partial charge in [-0.25, -0.2) is 4.79 Å². The van der Waals surface area contributed by atoms with Gasteiger partial charge in [-0.3, -0.25) is 9.69 Å². The average Bonchev–Trinajstić information content (AvgIpc) is 2.62. The number of carbonyl (C=O) groups is 2.